The van der Waals surface area contributed by atoms with E-state index >= 15 is 0 Å². The molecule has 0 aliphatic rings. The Morgan fingerprint density at radius 2 is 2.25 bits per heavy atom. The molecule has 0 aliphatic carbocycles. The van der Waals surface area contributed by atoms with Crippen molar-refractivity contribution in [2.75, 3.05) is 0 Å². The van der Waals surface area contributed by atoms with Crippen molar-refractivity contribution in [1.29, 1.82) is 0 Å². The minimum Gasteiger partial charge on any atom is -0.380 e. The summed E-state index contributed by atoms with van der Waals surface area (Å²) >= 11 is 0. The van der Waals surface area contributed by atoms with Gasteiger partial charge in [-0.1, -0.05) is 6.07 Å². The number of nitrogens with one attached hydrogen (secondary N) is 1. The SMILES string of the molecule is NCc1cc(F)cc(C(O)c2ncc[nH]2)c1. The lowest BCUT2D eigenvalue weighted by molar-refractivity contribution is 0.210. The second-order valence-electron chi connectivity index (χ2n) is 3.47. The molecule has 2 rings (SSSR count). The van der Waals surface area contributed by atoms with Gasteiger partial charge in [-0.15, -0.1) is 0 Å². The Labute approximate surface area is 91.9 Å². The highest BCUT2D eigenvalue weighted by Gasteiger charge is 2.14. The van der Waals surface area contributed by atoms with Crippen molar-refractivity contribution >= 4 is 0 Å². The molecule has 1 unspecified atom stereocenters. The predicted octanol–water partition coefficient (Wildman–Crippen LogP) is 1.09. The zero-order chi connectivity index (χ0) is 11.5. The van der Waals surface area contributed by atoms with Crippen LogP contribution in [-0.2, 0) is 6.54 Å². The molecule has 1 heterocycles. The number of H-pyrrole nitrogens is 1. The number of aromatic amines is 1. The highest BCUT2D eigenvalue weighted by molar-refractivity contribution is 5.29. The van der Waals surface area contributed by atoms with Gasteiger partial charge in [-0.3, -0.25) is 0 Å². The fraction of sp³-hybridized carbons (Fsp3) is 0.182. The van der Waals surface area contributed by atoms with E-state index in [-0.39, 0.29) is 6.54 Å². The third-order valence-corrected chi connectivity index (χ3v) is 2.31. The minimum atomic E-state index is -0.962. The van der Waals surface area contributed by atoms with E-state index in [1.54, 1.807) is 12.3 Å². The lowest BCUT2D eigenvalue weighted by Gasteiger charge is -2.10. The van der Waals surface area contributed by atoms with E-state index < -0.39 is 11.9 Å². The molecular weight excluding hydrogens is 209 g/mol. The van der Waals surface area contributed by atoms with E-state index in [0.717, 1.165) is 0 Å². The average molecular weight is 221 g/mol. The van der Waals surface area contributed by atoms with Crippen LogP contribution in [0.1, 0.15) is 23.1 Å². The number of benzene rings is 1. The molecule has 5 heteroatoms. The molecule has 1 atom stereocenters. The second-order valence-corrected chi connectivity index (χ2v) is 3.47. The van der Waals surface area contributed by atoms with Crippen LogP contribution in [0.2, 0.25) is 0 Å². The van der Waals surface area contributed by atoms with Crippen LogP contribution in [0.25, 0.3) is 0 Å². The number of hydrogen-bond donors (Lipinski definition) is 3. The van der Waals surface area contributed by atoms with Crippen LogP contribution >= 0.6 is 0 Å². The predicted molar refractivity (Wildman–Crippen MR) is 56.9 cm³/mol. The van der Waals surface area contributed by atoms with Gasteiger partial charge in [-0.25, -0.2) is 9.37 Å². The number of aliphatic hydroxyl groups is 1. The van der Waals surface area contributed by atoms with E-state index in [1.165, 1.54) is 18.3 Å². The zero-order valence-electron chi connectivity index (χ0n) is 8.52. The first-order chi connectivity index (χ1) is 7.70. The molecule has 0 saturated heterocycles. The summed E-state index contributed by atoms with van der Waals surface area (Å²) in [5.74, 6) is -0.0304. The molecule has 0 aliphatic heterocycles. The third kappa shape index (κ3) is 2.10. The van der Waals surface area contributed by atoms with Crippen LogP contribution < -0.4 is 5.73 Å². The third-order valence-electron chi connectivity index (χ3n) is 2.31. The normalized spacial score (nSPS) is 12.7. The number of rotatable bonds is 3. The molecule has 0 amide bonds. The molecule has 0 spiro atoms. The summed E-state index contributed by atoms with van der Waals surface area (Å²) in [5, 5.41) is 9.92. The maximum absolute atomic E-state index is 13.2. The number of nitrogens with zero attached hydrogens (tertiary/aromatic N) is 1. The van der Waals surface area contributed by atoms with Gasteiger partial charge in [0.1, 0.15) is 17.7 Å². The fourth-order valence-electron chi connectivity index (χ4n) is 1.54. The topological polar surface area (TPSA) is 74.9 Å². The molecule has 0 bridgehead atoms. The number of halogens is 1. The van der Waals surface area contributed by atoms with Crippen LogP contribution in [0.15, 0.2) is 30.6 Å². The number of aliphatic hydroxyl groups excluding tert-OH is 1. The van der Waals surface area contributed by atoms with Gasteiger partial charge in [-0.2, -0.15) is 0 Å². The van der Waals surface area contributed by atoms with Gasteiger partial charge in [0.05, 0.1) is 0 Å². The molecule has 4 nitrogen and oxygen atoms in total. The summed E-state index contributed by atoms with van der Waals surface area (Å²) in [4.78, 5) is 6.70. The van der Waals surface area contributed by atoms with Crippen molar-refractivity contribution in [1.82, 2.24) is 9.97 Å². The maximum Gasteiger partial charge on any atom is 0.139 e. The fourth-order valence-corrected chi connectivity index (χ4v) is 1.54. The lowest BCUT2D eigenvalue weighted by Crippen LogP contribution is -2.05. The first-order valence-corrected chi connectivity index (χ1v) is 4.87. The van der Waals surface area contributed by atoms with Gasteiger partial charge in [0.25, 0.3) is 0 Å². The Kier molecular flexibility index (Phi) is 2.98. The van der Waals surface area contributed by atoms with Crippen molar-refractivity contribution in [3.63, 3.8) is 0 Å². The molecule has 84 valence electrons. The van der Waals surface area contributed by atoms with Crippen LogP contribution in [0, 0.1) is 5.82 Å². The number of imidazole rings is 1. The summed E-state index contributed by atoms with van der Waals surface area (Å²) < 4.78 is 13.2. The van der Waals surface area contributed by atoms with Gasteiger partial charge >= 0.3 is 0 Å². The molecule has 0 radical (unpaired) electrons. The molecule has 0 fully saturated rings. The van der Waals surface area contributed by atoms with Crippen molar-refractivity contribution in [3.05, 3.63) is 53.4 Å². The molecule has 0 saturated carbocycles. The Morgan fingerprint density at radius 1 is 1.44 bits per heavy atom. The van der Waals surface area contributed by atoms with E-state index in [1.807, 2.05) is 0 Å². The highest BCUT2D eigenvalue weighted by Crippen LogP contribution is 2.20. The largest absolute Gasteiger partial charge is 0.380 e. The van der Waals surface area contributed by atoms with Gasteiger partial charge in [-0.05, 0) is 23.3 Å². The minimum absolute atomic E-state index is 0.232. The summed E-state index contributed by atoms with van der Waals surface area (Å²) in [6.07, 6.45) is 2.17. The molecular formula is C11H12FN3O. The zero-order valence-corrected chi connectivity index (χ0v) is 8.52. The first kappa shape index (κ1) is 10.8. The van der Waals surface area contributed by atoms with Gasteiger partial charge < -0.3 is 15.8 Å². The smallest absolute Gasteiger partial charge is 0.139 e. The Morgan fingerprint density at radius 3 is 2.88 bits per heavy atom. The van der Waals surface area contributed by atoms with Crippen LogP contribution in [0.5, 0.6) is 0 Å². The summed E-state index contributed by atoms with van der Waals surface area (Å²) in [7, 11) is 0. The molecule has 16 heavy (non-hydrogen) atoms. The highest BCUT2D eigenvalue weighted by atomic mass is 19.1. The lowest BCUT2D eigenvalue weighted by atomic mass is 10.1. The quantitative estimate of drug-likeness (QED) is 0.726. The molecule has 2 aromatic rings. The number of aromatic nitrogens is 2. The monoisotopic (exact) mass is 221 g/mol. The average Bonchev–Trinajstić information content (AvgIpc) is 2.80. The Hall–Kier alpha value is -1.72. The van der Waals surface area contributed by atoms with Crippen LogP contribution in [0.3, 0.4) is 0 Å². The molecule has 4 N–H and O–H groups in total. The number of hydrogen-bond acceptors (Lipinski definition) is 3. The number of nitrogens with two attached hydrogens (primary N) is 1. The second kappa shape index (κ2) is 4.42. The molecule has 1 aromatic heterocycles. The van der Waals surface area contributed by atoms with Crippen molar-refractivity contribution in [2.45, 2.75) is 12.6 Å². The summed E-state index contributed by atoms with van der Waals surface area (Å²) in [6.45, 7) is 0.232. The van der Waals surface area contributed by atoms with E-state index in [0.29, 0.717) is 17.0 Å². The van der Waals surface area contributed by atoms with Crippen molar-refractivity contribution in [3.8, 4) is 0 Å². The van der Waals surface area contributed by atoms with E-state index in [2.05, 4.69) is 9.97 Å². The van der Waals surface area contributed by atoms with Gasteiger partial charge in [0.15, 0.2) is 0 Å². The Bertz CT molecular complexity index is 470. The van der Waals surface area contributed by atoms with Gasteiger partial charge in [0, 0.05) is 18.9 Å². The van der Waals surface area contributed by atoms with Crippen LogP contribution in [0.4, 0.5) is 4.39 Å². The van der Waals surface area contributed by atoms with Crippen molar-refractivity contribution < 1.29 is 9.50 Å². The van der Waals surface area contributed by atoms with Crippen LogP contribution in [-0.4, -0.2) is 15.1 Å². The summed E-state index contributed by atoms with van der Waals surface area (Å²) in [5.41, 5.74) is 6.51. The van der Waals surface area contributed by atoms with Gasteiger partial charge in [0.2, 0.25) is 0 Å². The summed E-state index contributed by atoms with van der Waals surface area (Å²) in [6, 6.07) is 4.28. The molecule has 1 aromatic carbocycles. The van der Waals surface area contributed by atoms with E-state index in [4.69, 9.17) is 5.73 Å². The first-order valence-electron chi connectivity index (χ1n) is 4.87. The standard InChI is InChI=1S/C11H12FN3O/c12-9-4-7(6-13)3-8(5-9)10(16)11-14-1-2-15-11/h1-5,10,16H,6,13H2,(H,14,15). The van der Waals surface area contributed by atoms with Crippen molar-refractivity contribution in [2.24, 2.45) is 5.73 Å². The maximum atomic E-state index is 13.2. The Balaban J connectivity index is 2.36. The van der Waals surface area contributed by atoms with E-state index in [9.17, 15) is 9.50 Å².